The third-order valence-electron chi connectivity index (χ3n) is 1.83. The molecule has 1 aromatic carbocycles. The standard InChI is InChI=1S/C10H13NO2/c11-7-10(13)5-4-8-2-1-3-9(12)6-8/h1-3,6,12H,4-5,7,11H2. The quantitative estimate of drug-likeness (QED) is 0.720. The van der Waals surface area contributed by atoms with E-state index in [1.807, 2.05) is 6.07 Å². The number of nitrogens with two attached hydrogens (primary N) is 1. The molecule has 3 heteroatoms. The number of aromatic hydroxyl groups is 1. The number of phenols is 1. The maximum Gasteiger partial charge on any atom is 0.146 e. The zero-order chi connectivity index (χ0) is 9.68. The van der Waals surface area contributed by atoms with E-state index in [9.17, 15) is 4.79 Å². The Bertz CT molecular complexity index is 297. The average Bonchev–Trinajstić information content (AvgIpc) is 2.14. The molecule has 0 saturated heterocycles. The first-order valence-corrected chi connectivity index (χ1v) is 4.22. The Hall–Kier alpha value is -1.35. The number of carbonyl (C=O) groups is 1. The van der Waals surface area contributed by atoms with Crippen molar-refractivity contribution in [2.45, 2.75) is 12.8 Å². The van der Waals surface area contributed by atoms with Crippen molar-refractivity contribution in [1.82, 2.24) is 0 Å². The van der Waals surface area contributed by atoms with Crippen LogP contribution in [0.3, 0.4) is 0 Å². The lowest BCUT2D eigenvalue weighted by Crippen LogP contribution is -2.13. The summed E-state index contributed by atoms with van der Waals surface area (Å²) in [6, 6.07) is 6.90. The molecule has 0 spiro atoms. The highest BCUT2D eigenvalue weighted by molar-refractivity contribution is 5.80. The lowest BCUT2D eigenvalue weighted by molar-refractivity contribution is -0.117. The van der Waals surface area contributed by atoms with Crippen molar-refractivity contribution in [2.75, 3.05) is 6.54 Å². The molecule has 0 aromatic heterocycles. The molecule has 0 aliphatic heterocycles. The molecule has 1 aromatic rings. The molecule has 0 unspecified atom stereocenters. The van der Waals surface area contributed by atoms with Crippen LogP contribution in [0.15, 0.2) is 24.3 Å². The van der Waals surface area contributed by atoms with Crippen LogP contribution in [0.2, 0.25) is 0 Å². The van der Waals surface area contributed by atoms with E-state index in [2.05, 4.69) is 0 Å². The fourth-order valence-electron chi connectivity index (χ4n) is 1.10. The van der Waals surface area contributed by atoms with E-state index in [1.54, 1.807) is 18.2 Å². The summed E-state index contributed by atoms with van der Waals surface area (Å²) < 4.78 is 0. The Morgan fingerprint density at radius 1 is 1.46 bits per heavy atom. The second-order valence-corrected chi connectivity index (χ2v) is 2.91. The molecule has 70 valence electrons. The van der Waals surface area contributed by atoms with Crippen LogP contribution in [-0.4, -0.2) is 17.4 Å². The molecule has 0 radical (unpaired) electrons. The average molecular weight is 179 g/mol. The highest BCUT2D eigenvalue weighted by Gasteiger charge is 2.00. The SMILES string of the molecule is NCC(=O)CCc1cccc(O)c1. The van der Waals surface area contributed by atoms with Crippen LogP contribution in [-0.2, 0) is 11.2 Å². The number of ketones is 1. The van der Waals surface area contributed by atoms with Crippen LogP contribution >= 0.6 is 0 Å². The topological polar surface area (TPSA) is 63.3 Å². The van der Waals surface area contributed by atoms with Gasteiger partial charge in [-0.3, -0.25) is 4.79 Å². The summed E-state index contributed by atoms with van der Waals surface area (Å²) in [5, 5.41) is 9.13. The van der Waals surface area contributed by atoms with Gasteiger partial charge < -0.3 is 10.8 Å². The Balaban J connectivity index is 2.50. The van der Waals surface area contributed by atoms with E-state index < -0.39 is 0 Å². The lowest BCUT2D eigenvalue weighted by atomic mass is 10.1. The van der Waals surface area contributed by atoms with Crippen molar-refractivity contribution in [3.8, 4) is 5.75 Å². The number of rotatable bonds is 4. The maximum absolute atomic E-state index is 10.9. The molecule has 0 fully saturated rings. The number of phenolic OH excluding ortho intramolecular Hbond substituents is 1. The zero-order valence-electron chi connectivity index (χ0n) is 7.36. The lowest BCUT2D eigenvalue weighted by Gasteiger charge is -2.00. The second-order valence-electron chi connectivity index (χ2n) is 2.91. The second kappa shape index (κ2) is 4.62. The van der Waals surface area contributed by atoms with Gasteiger partial charge in [-0.05, 0) is 24.1 Å². The maximum atomic E-state index is 10.9. The third-order valence-corrected chi connectivity index (χ3v) is 1.83. The van der Waals surface area contributed by atoms with Crippen LogP contribution in [0.4, 0.5) is 0 Å². The minimum absolute atomic E-state index is 0.0448. The molecule has 0 atom stereocenters. The number of aryl methyl sites for hydroxylation is 1. The first-order valence-electron chi connectivity index (χ1n) is 4.22. The molecule has 1 rings (SSSR count). The Labute approximate surface area is 77.2 Å². The van der Waals surface area contributed by atoms with Crippen LogP contribution in [0.25, 0.3) is 0 Å². The van der Waals surface area contributed by atoms with E-state index in [0.717, 1.165) is 5.56 Å². The summed E-state index contributed by atoms with van der Waals surface area (Å²) in [6.07, 6.45) is 1.09. The minimum Gasteiger partial charge on any atom is -0.508 e. The van der Waals surface area contributed by atoms with Gasteiger partial charge in [0.15, 0.2) is 0 Å². The highest BCUT2D eigenvalue weighted by atomic mass is 16.3. The van der Waals surface area contributed by atoms with E-state index in [4.69, 9.17) is 10.8 Å². The first kappa shape index (κ1) is 9.74. The van der Waals surface area contributed by atoms with Gasteiger partial charge in [-0.2, -0.15) is 0 Å². The first-order chi connectivity index (χ1) is 6.22. The summed E-state index contributed by atoms with van der Waals surface area (Å²) >= 11 is 0. The van der Waals surface area contributed by atoms with Gasteiger partial charge in [-0.15, -0.1) is 0 Å². The van der Waals surface area contributed by atoms with Gasteiger partial charge in [0.05, 0.1) is 6.54 Å². The van der Waals surface area contributed by atoms with Gasteiger partial charge in [-0.25, -0.2) is 0 Å². The molecule has 3 nitrogen and oxygen atoms in total. The van der Waals surface area contributed by atoms with E-state index >= 15 is 0 Å². The van der Waals surface area contributed by atoms with Gasteiger partial charge in [0.2, 0.25) is 0 Å². The number of hydrogen-bond donors (Lipinski definition) is 2. The normalized spacial score (nSPS) is 9.92. The monoisotopic (exact) mass is 179 g/mol. The molecular formula is C10H13NO2. The van der Waals surface area contributed by atoms with Gasteiger partial charge in [0.25, 0.3) is 0 Å². The van der Waals surface area contributed by atoms with E-state index in [1.165, 1.54) is 0 Å². The molecule has 0 heterocycles. The van der Waals surface area contributed by atoms with E-state index in [0.29, 0.717) is 12.8 Å². The third kappa shape index (κ3) is 3.25. The van der Waals surface area contributed by atoms with Crippen molar-refractivity contribution < 1.29 is 9.90 Å². The Kier molecular flexibility index (Phi) is 3.46. The van der Waals surface area contributed by atoms with Gasteiger partial charge >= 0.3 is 0 Å². The number of benzene rings is 1. The summed E-state index contributed by atoms with van der Waals surface area (Å²) in [4.78, 5) is 10.9. The fraction of sp³-hybridized carbons (Fsp3) is 0.300. The molecule has 3 N–H and O–H groups in total. The number of Topliss-reactive ketones (excluding diaryl/α,β-unsaturated/α-hetero) is 1. The van der Waals surface area contributed by atoms with Gasteiger partial charge in [0.1, 0.15) is 11.5 Å². The van der Waals surface area contributed by atoms with Crippen LogP contribution in [0.5, 0.6) is 5.75 Å². The summed E-state index contributed by atoms with van der Waals surface area (Å²) in [5.41, 5.74) is 6.13. The predicted octanol–water partition coefficient (Wildman–Crippen LogP) is 0.853. The summed E-state index contributed by atoms with van der Waals surface area (Å²) in [6.45, 7) is 0.0960. The summed E-state index contributed by atoms with van der Waals surface area (Å²) in [5.74, 6) is 0.279. The van der Waals surface area contributed by atoms with Crippen molar-refractivity contribution in [3.05, 3.63) is 29.8 Å². The predicted molar refractivity (Wildman–Crippen MR) is 50.5 cm³/mol. The zero-order valence-corrected chi connectivity index (χ0v) is 7.36. The van der Waals surface area contributed by atoms with Gasteiger partial charge in [0, 0.05) is 6.42 Å². The largest absolute Gasteiger partial charge is 0.508 e. The molecule has 0 saturated carbocycles. The molecule has 0 bridgehead atoms. The highest BCUT2D eigenvalue weighted by Crippen LogP contribution is 2.12. The smallest absolute Gasteiger partial charge is 0.146 e. The summed E-state index contributed by atoms with van der Waals surface area (Å²) in [7, 11) is 0. The molecule has 0 aliphatic carbocycles. The van der Waals surface area contributed by atoms with Crippen molar-refractivity contribution >= 4 is 5.78 Å². The van der Waals surface area contributed by atoms with Crippen molar-refractivity contribution in [3.63, 3.8) is 0 Å². The Morgan fingerprint density at radius 3 is 2.85 bits per heavy atom. The minimum atomic E-state index is 0.0448. The van der Waals surface area contributed by atoms with Crippen LogP contribution in [0.1, 0.15) is 12.0 Å². The number of carbonyl (C=O) groups excluding carboxylic acids is 1. The van der Waals surface area contributed by atoms with Crippen LogP contribution in [0, 0.1) is 0 Å². The molecule has 0 amide bonds. The Morgan fingerprint density at radius 2 is 2.23 bits per heavy atom. The van der Waals surface area contributed by atoms with Gasteiger partial charge in [-0.1, -0.05) is 12.1 Å². The molecule has 13 heavy (non-hydrogen) atoms. The van der Waals surface area contributed by atoms with E-state index in [-0.39, 0.29) is 18.1 Å². The number of hydrogen-bond acceptors (Lipinski definition) is 3. The van der Waals surface area contributed by atoms with Crippen molar-refractivity contribution in [2.24, 2.45) is 5.73 Å². The van der Waals surface area contributed by atoms with Crippen molar-refractivity contribution in [1.29, 1.82) is 0 Å². The fourth-order valence-corrected chi connectivity index (χ4v) is 1.10. The van der Waals surface area contributed by atoms with Crippen LogP contribution < -0.4 is 5.73 Å². The molecular weight excluding hydrogens is 166 g/mol. The molecule has 0 aliphatic rings.